The van der Waals surface area contributed by atoms with Crippen molar-refractivity contribution >= 4 is 33.2 Å². The minimum Gasteiger partial charge on any atom is -0.484 e. The Hall–Kier alpha value is -3.03. The second-order valence-electron chi connectivity index (χ2n) is 8.41. The summed E-state index contributed by atoms with van der Waals surface area (Å²) in [7, 11) is -3.79. The van der Waals surface area contributed by atoms with E-state index in [2.05, 4.69) is 29.1 Å². The van der Waals surface area contributed by atoms with Gasteiger partial charge in [-0.15, -0.1) is 0 Å². The molecule has 0 saturated carbocycles. The predicted molar refractivity (Wildman–Crippen MR) is 136 cm³/mol. The zero-order valence-electron chi connectivity index (χ0n) is 19.9. The highest BCUT2D eigenvalue weighted by Crippen LogP contribution is 2.24. The first-order valence-electron chi connectivity index (χ1n) is 10.8. The van der Waals surface area contributed by atoms with Crippen LogP contribution in [0.3, 0.4) is 0 Å². The number of hydrogen-bond acceptors (Lipinski definition) is 4. The molecular formula is C26H29ClN2O4S. The van der Waals surface area contributed by atoms with Crippen molar-refractivity contribution in [2.75, 3.05) is 11.3 Å². The fraction of sp³-hybridized carbons (Fsp3) is 0.269. The molecule has 180 valence electrons. The van der Waals surface area contributed by atoms with Crippen molar-refractivity contribution in [2.24, 2.45) is 0 Å². The van der Waals surface area contributed by atoms with E-state index in [0.717, 1.165) is 16.7 Å². The first-order chi connectivity index (χ1) is 16.0. The Morgan fingerprint density at radius 2 is 1.56 bits per heavy atom. The second kappa shape index (κ2) is 10.5. The predicted octanol–water partition coefficient (Wildman–Crippen LogP) is 5.63. The van der Waals surface area contributed by atoms with E-state index in [1.807, 2.05) is 27.7 Å². The Kier molecular flexibility index (Phi) is 7.89. The molecule has 1 unspecified atom stereocenters. The monoisotopic (exact) mass is 500 g/mol. The first kappa shape index (κ1) is 25.6. The summed E-state index contributed by atoms with van der Waals surface area (Å²) in [6, 6.07) is 14.9. The summed E-state index contributed by atoms with van der Waals surface area (Å²) in [6.07, 6.45) is 0. The molecule has 0 heterocycles. The normalized spacial score (nSPS) is 12.2. The van der Waals surface area contributed by atoms with Crippen molar-refractivity contribution in [3.63, 3.8) is 0 Å². The van der Waals surface area contributed by atoms with Gasteiger partial charge in [0.1, 0.15) is 5.75 Å². The molecule has 0 aliphatic heterocycles. The van der Waals surface area contributed by atoms with Crippen molar-refractivity contribution in [2.45, 2.75) is 45.6 Å². The van der Waals surface area contributed by atoms with E-state index in [0.29, 0.717) is 16.5 Å². The lowest BCUT2D eigenvalue weighted by molar-refractivity contribution is -0.123. The van der Waals surface area contributed by atoms with E-state index in [9.17, 15) is 13.2 Å². The number of hydrogen-bond donors (Lipinski definition) is 2. The largest absolute Gasteiger partial charge is 0.484 e. The van der Waals surface area contributed by atoms with Crippen LogP contribution in [0.4, 0.5) is 5.69 Å². The molecule has 1 amide bonds. The summed E-state index contributed by atoms with van der Waals surface area (Å²) < 4.78 is 33.3. The van der Waals surface area contributed by atoms with Gasteiger partial charge in [0.05, 0.1) is 16.6 Å². The Labute approximate surface area is 206 Å². The summed E-state index contributed by atoms with van der Waals surface area (Å²) in [5, 5.41) is 3.42. The number of amides is 1. The standard InChI is InChI=1S/C26H29ClN2O4S/c1-16-6-7-21(14-25(16)27)29-34(31,32)23-10-8-22(9-11-23)33-15-26(30)28-20(5)24-13-18(3)17(2)12-19(24)4/h6-14,20,29H,15H2,1-5H3,(H,28,30). The summed E-state index contributed by atoms with van der Waals surface area (Å²) in [5.41, 5.74) is 5.80. The maximum absolute atomic E-state index is 12.6. The highest BCUT2D eigenvalue weighted by molar-refractivity contribution is 7.92. The van der Waals surface area contributed by atoms with Crippen LogP contribution >= 0.6 is 11.6 Å². The van der Waals surface area contributed by atoms with Crippen LogP contribution in [-0.2, 0) is 14.8 Å². The van der Waals surface area contributed by atoms with Crippen molar-refractivity contribution < 1.29 is 17.9 Å². The second-order valence-corrected chi connectivity index (χ2v) is 10.5. The number of sulfonamides is 1. The topological polar surface area (TPSA) is 84.5 Å². The number of benzene rings is 3. The lowest BCUT2D eigenvalue weighted by atomic mass is 9.96. The van der Waals surface area contributed by atoms with Gasteiger partial charge in [0.15, 0.2) is 6.61 Å². The molecule has 3 rings (SSSR count). The molecule has 0 radical (unpaired) electrons. The smallest absolute Gasteiger partial charge is 0.261 e. The van der Waals surface area contributed by atoms with E-state index in [1.165, 1.54) is 35.4 Å². The van der Waals surface area contributed by atoms with Crippen LogP contribution in [0.2, 0.25) is 5.02 Å². The van der Waals surface area contributed by atoms with E-state index in [4.69, 9.17) is 16.3 Å². The van der Waals surface area contributed by atoms with Crippen LogP contribution < -0.4 is 14.8 Å². The molecule has 34 heavy (non-hydrogen) atoms. The fourth-order valence-electron chi connectivity index (χ4n) is 3.54. The molecular weight excluding hydrogens is 472 g/mol. The number of carbonyl (C=O) groups excluding carboxylic acids is 1. The molecule has 0 spiro atoms. The highest BCUT2D eigenvalue weighted by atomic mass is 35.5. The average Bonchev–Trinajstić information content (AvgIpc) is 2.77. The summed E-state index contributed by atoms with van der Waals surface area (Å²) >= 11 is 6.07. The third-order valence-corrected chi connectivity index (χ3v) is 7.46. The molecule has 0 fully saturated rings. The first-order valence-corrected chi connectivity index (χ1v) is 12.7. The van der Waals surface area contributed by atoms with Gasteiger partial charge in [0, 0.05) is 5.02 Å². The molecule has 3 aromatic rings. The van der Waals surface area contributed by atoms with Gasteiger partial charge in [0.2, 0.25) is 0 Å². The Balaban J connectivity index is 1.58. The highest BCUT2D eigenvalue weighted by Gasteiger charge is 2.16. The third-order valence-electron chi connectivity index (χ3n) is 5.65. The average molecular weight is 501 g/mol. The number of aryl methyl sites for hydroxylation is 4. The number of carbonyl (C=O) groups is 1. The van der Waals surface area contributed by atoms with Crippen LogP contribution in [0.5, 0.6) is 5.75 Å². The van der Waals surface area contributed by atoms with Gasteiger partial charge in [-0.1, -0.05) is 29.8 Å². The quantitative estimate of drug-likeness (QED) is 0.419. The van der Waals surface area contributed by atoms with Gasteiger partial charge >= 0.3 is 0 Å². The van der Waals surface area contributed by atoms with Crippen LogP contribution in [0.15, 0.2) is 59.5 Å². The summed E-state index contributed by atoms with van der Waals surface area (Å²) in [4.78, 5) is 12.5. The van der Waals surface area contributed by atoms with Crippen LogP contribution in [0.25, 0.3) is 0 Å². The van der Waals surface area contributed by atoms with Gasteiger partial charge in [-0.3, -0.25) is 9.52 Å². The van der Waals surface area contributed by atoms with Gasteiger partial charge in [-0.25, -0.2) is 8.42 Å². The maximum atomic E-state index is 12.6. The van der Waals surface area contributed by atoms with Crippen molar-refractivity contribution in [1.29, 1.82) is 0 Å². The molecule has 0 aromatic heterocycles. The molecule has 0 saturated heterocycles. The summed E-state index contributed by atoms with van der Waals surface area (Å²) in [6.45, 7) is 9.73. The minimum atomic E-state index is -3.79. The van der Waals surface area contributed by atoms with Gasteiger partial charge < -0.3 is 10.1 Å². The molecule has 0 aliphatic carbocycles. The Morgan fingerprint density at radius 1 is 0.912 bits per heavy atom. The van der Waals surface area contributed by atoms with E-state index >= 15 is 0 Å². The van der Waals surface area contributed by atoms with Crippen molar-refractivity contribution in [3.05, 3.63) is 87.4 Å². The molecule has 0 bridgehead atoms. The van der Waals surface area contributed by atoms with E-state index in [1.54, 1.807) is 18.2 Å². The number of anilines is 1. The van der Waals surface area contributed by atoms with Gasteiger partial charge in [-0.05, 0) is 98.8 Å². The molecule has 6 nitrogen and oxygen atoms in total. The zero-order chi connectivity index (χ0) is 25.0. The van der Waals surface area contributed by atoms with E-state index in [-0.39, 0.29) is 23.5 Å². The Morgan fingerprint density at radius 3 is 2.21 bits per heavy atom. The van der Waals surface area contributed by atoms with Crippen LogP contribution in [0.1, 0.15) is 40.8 Å². The third kappa shape index (κ3) is 6.30. The van der Waals surface area contributed by atoms with Crippen LogP contribution in [-0.4, -0.2) is 20.9 Å². The van der Waals surface area contributed by atoms with E-state index < -0.39 is 10.0 Å². The maximum Gasteiger partial charge on any atom is 0.261 e. The lowest BCUT2D eigenvalue weighted by Gasteiger charge is -2.18. The molecule has 8 heteroatoms. The number of halogens is 1. The minimum absolute atomic E-state index is 0.0693. The van der Waals surface area contributed by atoms with Crippen molar-refractivity contribution in [1.82, 2.24) is 5.32 Å². The number of nitrogens with one attached hydrogen (secondary N) is 2. The van der Waals surface area contributed by atoms with Crippen LogP contribution in [0, 0.1) is 27.7 Å². The summed E-state index contributed by atoms with van der Waals surface area (Å²) in [5.74, 6) is 0.127. The number of ether oxygens (including phenoxy) is 1. The zero-order valence-corrected chi connectivity index (χ0v) is 21.5. The molecule has 0 aliphatic rings. The molecule has 3 aromatic carbocycles. The molecule has 1 atom stereocenters. The molecule has 2 N–H and O–H groups in total. The van der Waals surface area contributed by atoms with Gasteiger partial charge in [0.25, 0.3) is 15.9 Å². The lowest BCUT2D eigenvalue weighted by Crippen LogP contribution is -2.31. The Bertz CT molecular complexity index is 1310. The fourth-order valence-corrected chi connectivity index (χ4v) is 4.77. The van der Waals surface area contributed by atoms with Crippen molar-refractivity contribution in [3.8, 4) is 5.75 Å². The number of rotatable bonds is 8. The van der Waals surface area contributed by atoms with Gasteiger partial charge in [-0.2, -0.15) is 0 Å². The SMILES string of the molecule is Cc1cc(C)c(C(C)NC(=O)COc2ccc(S(=O)(=O)Nc3ccc(C)c(Cl)c3)cc2)cc1C.